The van der Waals surface area contributed by atoms with E-state index in [1.165, 1.54) is 218 Å². The average Bonchev–Trinajstić information content (AvgIpc) is 3.00. The van der Waals surface area contributed by atoms with Crippen LogP contribution in [-0.4, -0.2) is 12.6 Å². The van der Waals surface area contributed by atoms with Gasteiger partial charge in [0.2, 0.25) is 0 Å². The molecule has 0 spiro atoms. The van der Waals surface area contributed by atoms with E-state index in [2.05, 4.69) is 20.4 Å². The molecule has 0 N–H and O–H groups in total. The molecule has 0 saturated carbocycles. The summed E-state index contributed by atoms with van der Waals surface area (Å²) in [6, 6.07) is 0. The Balaban J connectivity index is 3.05. The van der Waals surface area contributed by atoms with Crippen molar-refractivity contribution >= 4 is 5.97 Å². The Hall–Kier alpha value is -0.790. The predicted molar refractivity (Wildman–Crippen MR) is 193 cm³/mol. The number of carbonyl (C=O) groups excluding carboxylic acids is 1. The summed E-state index contributed by atoms with van der Waals surface area (Å²) in [5.41, 5.74) is 0. The number of carbonyl (C=O) groups is 1. The lowest BCUT2D eigenvalue weighted by atomic mass is 10.0. The highest BCUT2D eigenvalue weighted by Gasteiger charge is 1.99. The second kappa shape index (κ2) is 37.4. The van der Waals surface area contributed by atoms with Crippen LogP contribution in [0.4, 0.5) is 0 Å². The van der Waals surface area contributed by atoms with Gasteiger partial charge < -0.3 is 4.74 Å². The minimum absolute atomic E-state index is 0.295. The molecule has 0 fully saturated rings. The van der Waals surface area contributed by atoms with Crippen LogP contribution < -0.4 is 0 Å². The average molecular weight is 605 g/mol. The molecule has 0 rings (SSSR count). The Morgan fingerprint density at radius 2 is 0.628 bits per heavy atom. The van der Waals surface area contributed by atoms with E-state index in [1.54, 1.807) is 0 Å². The van der Waals surface area contributed by atoms with Gasteiger partial charge in [0.1, 0.15) is 0 Å². The van der Waals surface area contributed by atoms with E-state index in [9.17, 15) is 4.79 Å². The quantitative estimate of drug-likeness (QED) is 0.0400. The molecular weight excluding hydrogens is 524 g/mol. The normalized spacial score (nSPS) is 11.4. The second-order valence-corrected chi connectivity index (χ2v) is 14.2. The number of esters is 1. The Bertz CT molecular complexity index is 540. The van der Waals surface area contributed by atoms with Crippen LogP contribution in [0.25, 0.3) is 0 Å². The summed E-state index contributed by atoms with van der Waals surface area (Å²) in [4.78, 5) is 11.0. The first-order chi connectivity index (χ1) is 21.2. The van der Waals surface area contributed by atoms with Gasteiger partial charge in [0.05, 0.1) is 6.61 Å². The van der Waals surface area contributed by atoms with Crippen molar-refractivity contribution in [3.63, 3.8) is 0 Å². The molecule has 2 heteroatoms. The number of unbranched alkanes of at least 4 members (excludes halogenated alkanes) is 32. The molecule has 0 aromatic carbocycles. The van der Waals surface area contributed by atoms with Gasteiger partial charge in [-0.2, -0.15) is 0 Å². The zero-order valence-electron chi connectivity index (χ0n) is 29.9. The van der Waals surface area contributed by atoms with Crippen LogP contribution in [-0.2, 0) is 9.53 Å². The third-order valence-corrected chi connectivity index (χ3v) is 9.34. The van der Waals surface area contributed by atoms with Crippen molar-refractivity contribution in [2.75, 3.05) is 6.61 Å². The zero-order valence-corrected chi connectivity index (χ0v) is 29.9. The van der Waals surface area contributed by atoms with Crippen molar-refractivity contribution in [3.05, 3.63) is 12.7 Å². The molecule has 0 heterocycles. The van der Waals surface area contributed by atoms with E-state index >= 15 is 0 Å². The fourth-order valence-corrected chi connectivity index (χ4v) is 6.37. The van der Waals surface area contributed by atoms with E-state index in [-0.39, 0.29) is 5.97 Å². The lowest BCUT2D eigenvalue weighted by Gasteiger charge is -2.05. The minimum Gasteiger partial charge on any atom is -0.463 e. The van der Waals surface area contributed by atoms with Crippen molar-refractivity contribution in [1.29, 1.82) is 0 Å². The Labute approximate surface area is 272 Å². The summed E-state index contributed by atoms with van der Waals surface area (Å²) in [5, 5.41) is 0. The predicted octanol–water partition coefficient (Wildman–Crippen LogP) is 14.6. The van der Waals surface area contributed by atoms with Gasteiger partial charge in [0.15, 0.2) is 0 Å². The van der Waals surface area contributed by atoms with Gasteiger partial charge >= 0.3 is 5.97 Å². The molecule has 0 saturated heterocycles. The molecule has 0 aliphatic heterocycles. The summed E-state index contributed by atoms with van der Waals surface area (Å²) in [6.45, 7) is 8.65. The van der Waals surface area contributed by atoms with Crippen molar-refractivity contribution in [3.8, 4) is 0 Å². The van der Waals surface area contributed by atoms with E-state index in [1.807, 2.05) is 0 Å². The largest absolute Gasteiger partial charge is 0.463 e. The highest BCUT2D eigenvalue weighted by molar-refractivity contribution is 5.81. The van der Waals surface area contributed by atoms with E-state index in [4.69, 9.17) is 4.74 Å². The molecule has 43 heavy (non-hydrogen) atoms. The Kier molecular flexibility index (Phi) is 36.7. The van der Waals surface area contributed by atoms with Gasteiger partial charge in [-0.25, -0.2) is 4.79 Å². The SMILES string of the molecule is C=CC(=O)OCCCCCCCCCCCCCCCCCCCCCCCCCCCCCCCCCCCC(C)C. The first-order valence-corrected chi connectivity index (χ1v) is 20.0. The maximum Gasteiger partial charge on any atom is 0.330 e. The number of hydrogen-bond donors (Lipinski definition) is 0. The molecular formula is C41H80O2. The van der Waals surface area contributed by atoms with Gasteiger partial charge in [0.25, 0.3) is 0 Å². The van der Waals surface area contributed by atoms with Crippen LogP contribution in [0, 0.1) is 5.92 Å². The lowest BCUT2D eigenvalue weighted by molar-refractivity contribution is -0.137. The van der Waals surface area contributed by atoms with Crippen molar-refractivity contribution in [2.45, 2.75) is 232 Å². The van der Waals surface area contributed by atoms with E-state index < -0.39 is 0 Å². The molecule has 0 bridgehead atoms. The molecule has 0 atom stereocenters. The minimum atomic E-state index is -0.295. The fourth-order valence-electron chi connectivity index (χ4n) is 6.37. The summed E-state index contributed by atoms with van der Waals surface area (Å²) in [6.07, 6.45) is 49.8. The van der Waals surface area contributed by atoms with Crippen LogP contribution in [0.5, 0.6) is 0 Å². The molecule has 0 aliphatic rings. The van der Waals surface area contributed by atoms with Gasteiger partial charge in [-0.05, 0) is 12.3 Å². The molecule has 0 aliphatic carbocycles. The van der Waals surface area contributed by atoms with Crippen LogP contribution in [0.15, 0.2) is 12.7 Å². The van der Waals surface area contributed by atoms with E-state index in [0.29, 0.717) is 6.61 Å². The molecule has 0 aromatic rings. The first-order valence-electron chi connectivity index (χ1n) is 20.0. The summed E-state index contributed by atoms with van der Waals surface area (Å²) >= 11 is 0. The standard InChI is InChI=1S/C41H80O2/c1-4-41(42)43-39-37-35-33-31-29-27-25-23-21-19-17-15-13-11-9-7-5-6-8-10-12-14-16-18-20-22-24-26-28-30-32-34-36-38-40(2)3/h4,40H,1,5-39H2,2-3H3. The highest BCUT2D eigenvalue weighted by atomic mass is 16.5. The Morgan fingerprint density at radius 1 is 0.419 bits per heavy atom. The summed E-state index contributed by atoms with van der Waals surface area (Å²) in [7, 11) is 0. The van der Waals surface area contributed by atoms with Crippen LogP contribution in [0.2, 0.25) is 0 Å². The highest BCUT2D eigenvalue weighted by Crippen LogP contribution is 2.17. The van der Waals surface area contributed by atoms with Crippen molar-refractivity contribution in [2.24, 2.45) is 5.92 Å². The smallest absolute Gasteiger partial charge is 0.330 e. The third-order valence-electron chi connectivity index (χ3n) is 9.34. The molecule has 256 valence electrons. The van der Waals surface area contributed by atoms with Gasteiger partial charge in [-0.1, -0.05) is 232 Å². The van der Waals surface area contributed by atoms with Crippen LogP contribution in [0.3, 0.4) is 0 Å². The summed E-state index contributed by atoms with van der Waals surface area (Å²) in [5.74, 6) is 0.595. The summed E-state index contributed by atoms with van der Waals surface area (Å²) < 4.78 is 5.01. The zero-order chi connectivity index (χ0) is 31.3. The van der Waals surface area contributed by atoms with Gasteiger partial charge in [-0.3, -0.25) is 0 Å². The molecule has 2 nitrogen and oxygen atoms in total. The monoisotopic (exact) mass is 605 g/mol. The first kappa shape index (κ1) is 42.2. The molecule has 0 radical (unpaired) electrons. The van der Waals surface area contributed by atoms with Gasteiger partial charge in [-0.15, -0.1) is 0 Å². The molecule has 0 aromatic heterocycles. The maximum absolute atomic E-state index is 11.0. The lowest BCUT2D eigenvalue weighted by Crippen LogP contribution is -2.01. The van der Waals surface area contributed by atoms with Crippen molar-refractivity contribution in [1.82, 2.24) is 0 Å². The van der Waals surface area contributed by atoms with Crippen LogP contribution >= 0.6 is 0 Å². The maximum atomic E-state index is 11.0. The third kappa shape index (κ3) is 39.2. The number of ether oxygens (including phenoxy) is 1. The van der Waals surface area contributed by atoms with Crippen molar-refractivity contribution < 1.29 is 9.53 Å². The molecule has 0 amide bonds. The Morgan fingerprint density at radius 3 is 0.837 bits per heavy atom. The number of rotatable bonds is 37. The number of hydrogen-bond acceptors (Lipinski definition) is 2. The molecule has 0 unspecified atom stereocenters. The van der Waals surface area contributed by atoms with E-state index in [0.717, 1.165) is 12.3 Å². The second-order valence-electron chi connectivity index (χ2n) is 14.2. The van der Waals surface area contributed by atoms with Crippen LogP contribution in [0.1, 0.15) is 232 Å². The fraction of sp³-hybridized carbons (Fsp3) is 0.927. The topological polar surface area (TPSA) is 26.3 Å². The van der Waals surface area contributed by atoms with Gasteiger partial charge in [0, 0.05) is 6.08 Å².